The Hall–Kier alpha value is -1.50. The molecule has 0 aliphatic carbocycles. The topological polar surface area (TPSA) is 66.4 Å². The van der Waals surface area contributed by atoms with Crippen molar-refractivity contribution in [3.63, 3.8) is 0 Å². The predicted molar refractivity (Wildman–Crippen MR) is 72.4 cm³/mol. The maximum Gasteiger partial charge on any atom is 0.326 e. The van der Waals surface area contributed by atoms with Gasteiger partial charge in [-0.1, -0.05) is 36.7 Å². The van der Waals surface area contributed by atoms with E-state index in [2.05, 4.69) is 21.2 Å². The van der Waals surface area contributed by atoms with Gasteiger partial charge in [-0.3, -0.25) is 4.79 Å². The number of aliphatic carboxylic acids is 1. The molecule has 1 atom stereocenters. The summed E-state index contributed by atoms with van der Waals surface area (Å²) < 4.78 is 27.4. The lowest BCUT2D eigenvalue weighted by Gasteiger charge is -2.27. The number of carbonyl (C=O) groups is 2. The number of hydrogen-bond donors (Lipinski definition) is 2. The van der Waals surface area contributed by atoms with Gasteiger partial charge in [0.2, 0.25) is 0 Å². The fraction of sp³-hybridized carbons (Fsp3) is 0.385. The number of carbonyl (C=O) groups excluding carboxylic acids is 1. The molecule has 0 spiro atoms. The number of nitrogens with one attached hydrogen (secondary N) is 1. The number of carboxylic acids is 1. The van der Waals surface area contributed by atoms with E-state index in [0.717, 1.165) is 12.1 Å². The Morgan fingerprint density at radius 3 is 2.05 bits per heavy atom. The molecule has 0 saturated carbocycles. The van der Waals surface area contributed by atoms with Crippen LogP contribution in [0.2, 0.25) is 0 Å². The molecule has 1 aromatic rings. The third-order valence-corrected chi connectivity index (χ3v) is 3.08. The molecular weight excluding hydrogens is 336 g/mol. The normalized spacial score (nSPS) is 12.9. The van der Waals surface area contributed by atoms with Crippen LogP contribution in [0.25, 0.3) is 0 Å². The molecule has 4 nitrogen and oxygen atoms in total. The molecule has 0 unspecified atom stereocenters. The molecule has 0 heterocycles. The Labute approximate surface area is 123 Å². The zero-order valence-corrected chi connectivity index (χ0v) is 12.7. The van der Waals surface area contributed by atoms with Gasteiger partial charge in [0.15, 0.2) is 0 Å². The van der Waals surface area contributed by atoms with Crippen LogP contribution in [-0.4, -0.2) is 23.0 Å². The van der Waals surface area contributed by atoms with E-state index in [1.165, 1.54) is 0 Å². The number of hydrogen-bond acceptors (Lipinski definition) is 2. The Bertz CT molecular complexity index is 532. The minimum Gasteiger partial charge on any atom is -0.480 e. The fourth-order valence-corrected chi connectivity index (χ4v) is 2.01. The summed E-state index contributed by atoms with van der Waals surface area (Å²) in [5, 5.41) is 11.2. The largest absolute Gasteiger partial charge is 0.480 e. The minimum absolute atomic E-state index is 0.148. The molecule has 0 radical (unpaired) electrons. The van der Waals surface area contributed by atoms with E-state index in [9.17, 15) is 18.4 Å². The lowest BCUT2D eigenvalue weighted by atomic mass is 9.86. The summed E-state index contributed by atoms with van der Waals surface area (Å²) in [6.45, 7) is 4.79. The molecule has 0 aliphatic heterocycles. The van der Waals surface area contributed by atoms with Crippen molar-refractivity contribution in [1.82, 2.24) is 5.32 Å². The Kier molecular flexibility index (Phi) is 4.86. The zero-order chi connectivity index (χ0) is 15.7. The van der Waals surface area contributed by atoms with Gasteiger partial charge < -0.3 is 10.4 Å². The standard InChI is InChI=1S/C13H14BrF2NO3/c1-13(2,3)10(12(19)20)17-11(18)9-7(15)4-6(14)5-8(9)16/h4-5,10H,1-3H3,(H,17,18)(H,19,20)/t10-/m0/s1. The Morgan fingerprint density at radius 2 is 1.70 bits per heavy atom. The van der Waals surface area contributed by atoms with Gasteiger partial charge >= 0.3 is 5.97 Å². The number of halogens is 3. The number of benzene rings is 1. The molecule has 1 amide bonds. The molecular formula is C13H14BrF2NO3. The molecule has 0 aromatic heterocycles. The van der Waals surface area contributed by atoms with E-state index < -0.39 is 40.5 Å². The third kappa shape index (κ3) is 3.75. The third-order valence-electron chi connectivity index (χ3n) is 2.62. The number of rotatable bonds is 3. The second-order valence-corrected chi connectivity index (χ2v) is 6.27. The van der Waals surface area contributed by atoms with Crippen LogP contribution in [0, 0.1) is 17.0 Å². The molecule has 0 fully saturated rings. The second-order valence-electron chi connectivity index (χ2n) is 5.36. The lowest BCUT2D eigenvalue weighted by Crippen LogP contribution is -2.49. The van der Waals surface area contributed by atoms with Crippen molar-refractivity contribution in [2.75, 3.05) is 0 Å². The molecule has 110 valence electrons. The van der Waals surface area contributed by atoms with Crippen LogP contribution in [0.3, 0.4) is 0 Å². The van der Waals surface area contributed by atoms with Crippen molar-refractivity contribution in [2.45, 2.75) is 26.8 Å². The van der Waals surface area contributed by atoms with Crippen LogP contribution >= 0.6 is 15.9 Å². The van der Waals surface area contributed by atoms with Gasteiger partial charge in [-0.25, -0.2) is 13.6 Å². The molecule has 20 heavy (non-hydrogen) atoms. The summed E-state index contributed by atoms with van der Waals surface area (Å²) in [4.78, 5) is 23.0. The van der Waals surface area contributed by atoms with E-state index in [-0.39, 0.29) is 4.47 Å². The fourth-order valence-electron chi connectivity index (χ4n) is 1.61. The minimum atomic E-state index is -1.27. The monoisotopic (exact) mass is 349 g/mol. The summed E-state index contributed by atoms with van der Waals surface area (Å²) >= 11 is 2.90. The summed E-state index contributed by atoms with van der Waals surface area (Å²) in [5.41, 5.74) is -1.60. The lowest BCUT2D eigenvalue weighted by molar-refractivity contribution is -0.142. The van der Waals surface area contributed by atoms with Gasteiger partial charge in [-0.2, -0.15) is 0 Å². The number of amides is 1. The van der Waals surface area contributed by atoms with E-state index in [1.54, 1.807) is 20.8 Å². The summed E-state index contributed by atoms with van der Waals surface area (Å²) in [5.74, 6) is -4.50. The average molecular weight is 350 g/mol. The average Bonchev–Trinajstić information content (AvgIpc) is 2.22. The second kappa shape index (κ2) is 5.87. The van der Waals surface area contributed by atoms with Crippen molar-refractivity contribution in [1.29, 1.82) is 0 Å². The summed E-state index contributed by atoms with van der Waals surface area (Å²) in [6.07, 6.45) is 0. The SMILES string of the molecule is CC(C)(C)[C@@H](NC(=O)c1c(F)cc(Br)cc1F)C(=O)O. The van der Waals surface area contributed by atoms with Crippen molar-refractivity contribution >= 4 is 27.8 Å². The predicted octanol–water partition coefficient (Wildman–Crippen LogP) is 2.96. The van der Waals surface area contributed by atoms with Crippen LogP contribution in [0.5, 0.6) is 0 Å². The van der Waals surface area contributed by atoms with Crippen molar-refractivity contribution in [3.8, 4) is 0 Å². The first-order valence-corrected chi connectivity index (χ1v) is 6.51. The van der Waals surface area contributed by atoms with Gasteiger partial charge in [0.05, 0.1) is 0 Å². The first-order valence-electron chi connectivity index (χ1n) is 5.72. The van der Waals surface area contributed by atoms with Gasteiger partial charge in [0, 0.05) is 4.47 Å². The van der Waals surface area contributed by atoms with Crippen molar-refractivity contribution in [2.24, 2.45) is 5.41 Å². The van der Waals surface area contributed by atoms with Gasteiger partial charge in [0.1, 0.15) is 23.2 Å². The van der Waals surface area contributed by atoms with E-state index in [0.29, 0.717) is 0 Å². The highest BCUT2D eigenvalue weighted by molar-refractivity contribution is 9.10. The molecule has 2 N–H and O–H groups in total. The van der Waals surface area contributed by atoms with Gasteiger partial charge in [0.25, 0.3) is 5.91 Å². The summed E-state index contributed by atoms with van der Waals surface area (Å²) in [6, 6.07) is 0.604. The van der Waals surface area contributed by atoms with Crippen molar-refractivity contribution < 1.29 is 23.5 Å². The van der Waals surface area contributed by atoms with E-state index in [1.807, 2.05) is 0 Å². The number of carboxylic acid groups (broad SMARTS) is 1. The van der Waals surface area contributed by atoms with Gasteiger partial charge in [-0.05, 0) is 17.5 Å². The quantitative estimate of drug-likeness (QED) is 0.881. The van der Waals surface area contributed by atoms with Crippen LogP contribution < -0.4 is 5.32 Å². The molecule has 1 rings (SSSR count). The Morgan fingerprint density at radius 1 is 1.25 bits per heavy atom. The first-order chi connectivity index (χ1) is 9.04. The highest BCUT2D eigenvalue weighted by Gasteiger charge is 2.34. The van der Waals surface area contributed by atoms with Crippen LogP contribution in [0.15, 0.2) is 16.6 Å². The van der Waals surface area contributed by atoms with E-state index >= 15 is 0 Å². The summed E-state index contributed by atoms with van der Waals surface area (Å²) in [7, 11) is 0. The molecule has 0 bridgehead atoms. The first kappa shape index (κ1) is 16.6. The maximum absolute atomic E-state index is 13.6. The van der Waals surface area contributed by atoms with Crippen LogP contribution in [0.1, 0.15) is 31.1 Å². The molecule has 0 aliphatic rings. The van der Waals surface area contributed by atoms with Crippen LogP contribution in [0.4, 0.5) is 8.78 Å². The van der Waals surface area contributed by atoms with Crippen molar-refractivity contribution in [3.05, 3.63) is 33.8 Å². The van der Waals surface area contributed by atoms with Gasteiger partial charge in [-0.15, -0.1) is 0 Å². The molecule has 1 aromatic carbocycles. The van der Waals surface area contributed by atoms with Crippen LogP contribution in [-0.2, 0) is 4.79 Å². The molecule has 7 heteroatoms. The Balaban J connectivity index is 3.11. The smallest absolute Gasteiger partial charge is 0.326 e. The highest BCUT2D eigenvalue weighted by Crippen LogP contribution is 2.22. The molecule has 0 saturated heterocycles. The van der Waals surface area contributed by atoms with E-state index in [4.69, 9.17) is 5.11 Å². The highest BCUT2D eigenvalue weighted by atomic mass is 79.9. The zero-order valence-electron chi connectivity index (χ0n) is 11.1. The maximum atomic E-state index is 13.6.